The van der Waals surface area contributed by atoms with Crippen LogP contribution in [0.2, 0.25) is 0 Å². The Bertz CT molecular complexity index is 587. The molecule has 0 atom stereocenters. The van der Waals surface area contributed by atoms with Crippen LogP contribution in [0.4, 0.5) is 5.95 Å². The number of hydrogen-bond donors (Lipinski definition) is 2. The number of nitrogens with one attached hydrogen (secondary N) is 1. The smallest absolute Gasteiger partial charge is 0.261 e. The van der Waals surface area contributed by atoms with Crippen LogP contribution >= 0.6 is 0 Å². The SMILES string of the molecule is Cc1ccc(C=NNC(=O)Cn2nnnc2N)cc1. The van der Waals surface area contributed by atoms with E-state index in [4.69, 9.17) is 5.73 Å². The highest BCUT2D eigenvalue weighted by Crippen LogP contribution is 1.99. The number of nitrogens with zero attached hydrogens (tertiary/aromatic N) is 5. The van der Waals surface area contributed by atoms with E-state index < -0.39 is 0 Å². The van der Waals surface area contributed by atoms with Gasteiger partial charge in [-0.1, -0.05) is 34.9 Å². The lowest BCUT2D eigenvalue weighted by Gasteiger charge is -2.00. The zero-order chi connectivity index (χ0) is 13.7. The van der Waals surface area contributed by atoms with E-state index in [1.165, 1.54) is 4.68 Å². The molecule has 0 aliphatic heterocycles. The van der Waals surface area contributed by atoms with Gasteiger partial charge in [-0.3, -0.25) is 4.79 Å². The van der Waals surface area contributed by atoms with Gasteiger partial charge in [0.25, 0.3) is 5.91 Å². The predicted octanol–water partition coefficient (Wildman–Crippen LogP) is -0.286. The molecule has 8 nitrogen and oxygen atoms in total. The van der Waals surface area contributed by atoms with Crippen molar-refractivity contribution in [3.8, 4) is 0 Å². The Labute approximate surface area is 109 Å². The zero-order valence-corrected chi connectivity index (χ0v) is 10.3. The number of hydrogen-bond acceptors (Lipinski definition) is 6. The van der Waals surface area contributed by atoms with Crippen LogP contribution in [0, 0.1) is 6.92 Å². The van der Waals surface area contributed by atoms with Gasteiger partial charge in [-0.2, -0.15) is 5.10 Å². The number of aromatic nitrogens is 4. The average Bonchev–Trinajstić information content (AvgIpc) is 2.78. The molecule has 19 heavy (non-hydrogen) atoms. The summed E-state index contributed by atoms with van der Waals surface area (Å²) in [5, 5.41) is 14.2. The number of hydrazone groups is 1. The van der Waals surface area contributed by atoms with Gasteiger partial charge in [0.2, 0.25) is 5.95 Å². The molecular formula is C11H13N7O. The van der Waals surface area contributed by atoms with E-state index in [9.17, 15) is 4.79 Å². The highest BCUT2D eigenvalue weighted by atomic mass is 16.2. The highest BCUT2D eigenvalue weighted by molar-refractivity contribution is 5.82. The Kier molecular flexibility index (Phi) is 3.81. The second kappa shape index (κ2) is 5.71. The lowest BCUT2D eigenvalue weighted by molar-refractivity contribution is -0.121. The largest absolute Gasteiger partial charge is 0.367 e. The summed E-state index contributed by atoms with van der Waals surface area (Å²) in [6.45, 7) is 1.92. The van der Waals surface area contributed by atoms with Crippen molar-refractivity contribution in [3.63, 3.8) is 0 Å². The Morgan fingerprint density at radius 3 is 2.84 bits per heavy atom. The summed E-state index contributed by atoms with van der Waals surface area (Å²) in [6.07, 6.45) is 1.56. The van der Waals surface area contributed by atoms with Crippen LogP contribution in [0.25, 0.3) is 0 Å². The van der Waals surface area contributed by atoms with E-state index >= 15 is 0 Å². The lowest BCUT2D eigenvalue weighted by atomic mass is 10.2. The summed E-state index contributed by atoms with van der Waals surface area (Å²) in [5.74, 6) is -0.278. The highest BCUT2D eigenvalue weighted by Gasteiger charge is 2.06. The predicted molar refractivity (Wildman–Crippen MR) is 69.1 cm³/mol. The van der Waals surface area contributed by atoms with E-state index in [-0.39, 0.29) is 18.4 Å². The summed E-state index contributed by atoms with van der Waals surface area (Å²) in [4.78, 5) is 11.5. The van der Waals surface area contributed by atoms with Crippen molar-refractivity contribution in [2.75, 3.05) is 5.73 Å². The first kappa shape index (κ1) is 12.7. The van der Waals surface area contributed by atoms with E-state index in [1.807, 2.05) is 31.2 Å². The van der Waals surface area contributed by atoms with Gasteiger partial charge in [-0.15, -0.1) is 0 Å². The van der Waals surface area contributed by atoms with Crippen molar-refractivity contribution < 1.29 is 4.79 Å². The molecule has 1 aromatic heterocycles. The topological polar surface area (TPSA) is 111 Å². The quantitative estimate of drug-likeness (QED) is 0.579. The van der Waals surface area contributed by atoms with Gasteiger partial charge in [0.05, 0.1) is 6.21 Å². The molecule has 0 radical (unpaired) electrons. The van der Waals surface area contributed by atoms with Gasteiger partial charge >= 0.3 is 0 Å². The van der Waals surface area contributed by atoms with Crippen molar-refractivity contribution in [1.29, 1.82) is 0 Å². The molecule has 1 heterocycles. The van der Waals surface area contributed by atoms with Crippen LogP contribution in [0.15, 0.2) is 29.4 Å². The summed E-state index contributed by atoms with van der Waals surface area (Å²) in [6, 6.07) is 7.74. The molecule has 2 aromatic rings. The lowest BCUT2D eigenvalue weighted by Crippen LogP contribution is -2.24. The maximum Gasteiger partial charge on any atom is 0.261 e. The van der Waals surface area contributed by atoms with Crippen molar-refractivity contribution in [2.24, 2.45) is 5.10 Å². The zero-order valence-electron chi connectivity index (χ0n) is 10.3. The Balaban J connectivity index is 1.86. The standard InChI is InChI=1S/C11H13N7O/c1-8-2-4-9(5-3-8)6-13-14-10(19)7-18-11(12)15-16-17-18/h2-6H,7H2,1H3,(H,14,19)(H2,12,15,17). The van der Waals surface area contributed by atoms with Crippen LogP contribution in [-0.4, -0.2) is 32.3 Å². The van der Waals surface area contributed by atoms with Crippen LogP contribution < -0.4 is 11.2 Å². The number of nitrogen functional groups attached to an aromatic ring is 1. The van der Waals surface area contributed by atoms with Crippen LogP contribution in [-0.2, 0) is 11.3 Å². The average molecular weight is 259 g/mol. The van der Waals surface area contributed by atoms with Crippen LogP contribution in [0.1, 0.15) is 11.1 Å². The fourth-order valence-electron chi connectivity index (χ4n) is 1.33. The summed E-state index contributed by atoms with van der Waals surface area (Å²) < 4.78 is 1.18. The summed E-state index contributed by atoms with van der Waals surface area (Å²) >= 11 is 0. The van der Waals surface area contributed by atoms with Gasteiger partial charge in [0.15, 0.2) is 0 Å². The molecule has 8 heteroatoms. The molecule has 0 saturated heterocycles. The van der Waals surface area contributed by atoms with E-state index in [2.05, 4.69) is 26.1 Å². The molecule has 1 amide bonds. The number of benzene rings is 1. The number of amides is 1. The van der Waals surface area contributed by atoms with Crippen molar-refractivity contribution >= 4 is 18.1 Å². The second-order valence-electron chi connectivity index (χ2n) is 3.90. The third-order valence-electron chi connectivity index (χ3n) is 2.33. The molecule has 0 aliphatic carbocycles. The van der Waals surface area contributed by atoms with Crippen LogP contribution in [0.5, 0.6) is 0 Å². The maximum absolute atomic E-state index is 11.5. The number of aryl methyl sites for hydroxylation is 1. The number of anilines is 1. The third kappa shape index (κ3) is 3.60. The van der Waals surface area contributed by atoms with Crippen molar-refractivity contribution in [2.45, 2.75) is 13.5 Å². The molecule has 0 aliphatic rings. The first-order chi connectivity index (χ1) is 9.15. The van der Waals surface area contributed by atoms with Crippen molar-refractivity contribution in [3.05, 3.63) is 35.4 Å². The van der Waals surface area contributed by atoms with E-state index in [0.29, 0.717) is 0 Å². The maximum atomic E-state index is 11.5. The monoisotopic (exact) mass is 259 g/mol. The van der Waals surface area contributed by atoms with Gasteiger partial charge in [0.1, 0.15) is 6.54 Å². The van der Waals surface area contributed by atoms with Crippen LogP contribution in [0.3, 0.4) is 0 Å². The Hall–Kier alpha value is -2.77. The fraction of sp³-hybridized carbons (Fsp3) is 0.182. The fourth-order valence-corrected chi connectivity index (χ4v) is 1.33. The number of tetrazole rings is 1. The van der Waals surface area contributed by atoms with Gasteiger partial charge in [-0.25, -0.2) is 10.1 Å². The van der Waals surface area contributed by atoms with E-state index in [1.54, 1.807) is 6.21 Å². The molecule has 0 unspecified atom stereocenters. The molecular weight excluding hydrogens is 246 g/mol. The molecule has 2 rings (SSSR count). The third-order valence-corrected chi connectivity index (χ3v) is 2.33. The minimum Gasteiger partial charge on any atom is -0.367 e. The van der Waals surface area contributed by atoms with Gasteiger partial charge < -0.3 is 5.73 Å². The first-order valence-corrected chi connectivity index (χ1v) is 5.55. The molecule has 3 N–H and O–H groups in total. The first-order valence-electron chi connectivity index (χ1n) is 5.55. The second-order valence-corrected chi connectivity index (χ2v) is 3.90. The molecule has 1 aromatic carbocycles. The molecule has 0 fully saturated rings. The molecule has 0 saturated carbocycles. The Morgan fingerprint density at radius 2 is 2.21 bits per heavy atom. The molecule has 98 valence electrons. The van der Waals surface area contributed by atoms with Gasteiger partial charge in [-0.05, 0) is 22.9 Å². The normalized spacial score (nSPS) is 10.8. The molecule has 0 bridgehead atoms. The number of rotatable bonds is 4. The van der Waals surface area contributed by atoms with E-state index in [0.717, 1.165) is 11.1 Å². The minimum atomic E-state index is -0.359. The number of nitrogens with two attached hydrogens (primary N) is 1. The minimum absolute atomic E-state index is 0.0793. The van der Waals surface area contributed by atoms with Gasteiger partial charge in [0, 0.05) is 0 Å². The summed E-state index contributed by atoms with van der Waals surface area (Å²) in [7, 11) is 0. The number of carbonyl (C=O) groups excluding carboxylic acids is 1. The molecule has 0 spiro atoms. The Morgan fingerprint density at radius 1 is 1.47 bits per heavy atom. The van der Waals surface area contributed by atoms with Crippen molar-refractivity contribution in [1.82, 2.24) is 25.6 Å². The summed E-state index contributed by atoms with van der Waals surface area (Å²) in [5.41, 5.74) is 9.86. The number of carbonyl (C=O) groups is 1.